The number of aromatic nitrogens is 6. The van der Waals surface area contributed by atoms with Crippen LogP contribution in [0.25, 0.3) is 5.95 Å². The number of aryl methyl sites for hydroxylation is 1. The number of nitrogens with zero attached hydrogens (tertiary/aromatic N) is 6. The van der Waals surface area contributed by atoms with Crippen LogP contribution in [0.5, 0.6) is 0 Å². The lowest BCUT2D eigenvalue weighted by Gasteiger charge is -2.06. The molecule has 7 nitrogen and oxygen atoms in total. The van der Waals surface area contributed by atoms with E-state index < -0.39 is 0 Å². The van der Waals surface area contributed by atoms with Crippen LogP contribution in [0.2, 0.25) is 5.28 Å². The highest BCUT2D eigenvalue weighted by atomic mass is 35.5. The Morgan fingerprint density at radius 2 is 2.25 bits per heavy atom. The molecule has 0 saturated heterocycles. The average Bonchev–Trinajstić information content (AvgIpc) is 3.07. The maximum Gasteiger partial charge on any atom is 0.241 e. The summed E-state index contributed by atoms with van der Waals surface area (Å²) in [7, 11) is 0. The maximum absolute atomic E-state index is 5.91. The van der Waals surface area contributed by atoms with Crippen molar-refractivity contribution >= 4 is 28.9 Å². The number of halogens is 1. The minimum absolute atomic E-state index is 0.132. The third-order valence-electron chi connectivity index (χ3n) is 2.58. The van der Waals surface area contributed by atoms with Crippen molar-refractivity contribution in [2.24, 2.45) is 0 Å². The van der Waals surface area contributed by atoms with Gasteiger partial charge in [-0.05, 0) is 18.5 Å². The summed E-state index contributed by atoms with van der Waals surface area (Å²) in [4.78, 5) is 21.7. The van der Waals surface area contributed by atoms with E-state index in [-0.39, 0.29) is 5.28 Å². The minimum atomic E-state index is 0.132. The number of hydrogen-bond acceptors (Lipinski definition) is 7. The molecule has 0 aliphatic rings. The van der Waals surface area contributed by atoms with Crippen LogP contribution >= 0.6 is 22.9 Å². The van der Waals surface area contributed by atoms with Gasteiger partial charge in [0.2, 0.25) is 17.2 Å². The molecule has 0 amide bonds. The van der Waals surface area contributed by atoms with Crippen molar-refractivity contribution in [1.29, 1.82) is 0 Å². The molecule has 3 heterocycles. The van der Waals surface area contributed by atoms with Crippen LogP contribution in [0.15, 0.2) is 24.2 Å². The van der Waals surface area contributed by atoms with Crippen molar-refractivity contribution in [3.8, 4) is 5.95 Å². The maximum atomic E-state index is 5.91. The van der Waals surface area contributed by atoms with E-state index in [4.69, 9.17) is 11.6 Å². The largest absolute Gasteiger partial charge is 0.349 e. The van der Waals surface area contributed by atoms with Gasteiger partial charge in [-0.2, -0.15) is 15.0 Å². The summed E-state index contributed by atoms with van der Waals surface area (Å²) in [6.45, 7) is 2.56. The van der Waals surface area contributed by atoms with E-state index in [9.17, 15) is 0 Å². The molecule has 9 heteroatoms. The molecule has 3 rings (SSSR count). The Morgan fingerprint density at radius 1 is 1.35 bits per heavy atom. The summed E-state index contributed by atoms with van der Waals surface area (Å²) in [5.74, 6) is 0.840. The standard InChI is InChI=1S/C11H10ClN7S/c1-7-8(20-6-15-7)4-14-10-16-9(12)17-11(18-10)19-3-2-13-5-19/h2-3,5-6H,4H2,1H3,(H,14,16,17,18). The van der Waals surface area contributed by atoms with Crippen LogP contribution in [0.1, 0.15) is 10.6 Å². The lowest BCUT2D eigenvalue weighted by atomic mass is 10.4. The zero-order valence-corrected chi connectivity index (χ0v) is 12.1. The van der Waals surface area contributed by atoms with Crippen molar-refractivity contribution in [2.45, 2.75) is 13.5 Å². The van der Waals surface area contributed by atoms with E-state index in [2.05, 4.69) is 30.2 Å². The van der Waals surface area contributed by atoms with Crippen molar-refractivity contribution in [2.75, 3.05) is 5.32 Å². The number of anilines is 1. The Hall–Kier alpha value is -2.06. The molecule has 3 aromatic rings. The first-order chi connectivity index (χ1) is 9.72. The second-order valence-corrected chi connectivity index (χ2v) is 5.19. The fourth-order valence-corrected chi connectivity index (χ4v) is 2.44. The number of thiazole rings is 1. The molecule has 0 bridgehead atoms. The second-order valence-electron chi connectivity index (χ2n) is 3.91. The summed E-state index contributed by atoms with van der Waals surface area (Å²) in [6, 6.07) is 0. The van der Waals surface area contributed by atoms with Gasteiger partial charge in [-0.15, -0.1) is 11.3 Å². The summed E-state index contributed by atoms with van der Waals surface area (Å²) in [5.41, 5.74) is 2.81. The second kappa shape index (κ2) is 5.51. The number of imidazole rings is 1. The highest BCUT2D eigenvalue weighted by Gasteiger charge is 2.07. The molecule has 0 atom stereocenters. The third-order valence-corrected chi connectivity index (χ3v) is 3.69. The fraction of sp³-hybridized carbons (Fsp3) is 0.182. The molecule has 3 aromatic heterocycles. The Labute approximate surface area is 123 Å². The normalized spacial score (nSPS) is 10.7. The molecule has 0 radical (unpaired) electrons. The third kappa shape index (κ3) is 2.75. The average molecular weight is 308 g/mol. The van der Waals surface area contributed by atoms with Gasteiger partial charge in [-0.25, -0.2) is 9.97 Å². The van der Waals surface area contributed by atoms with Gasteiger partial charge in [0.05, 0.1) is 17.7 Å². The molecule has 20 heavy (non-hydrogen) atoms. The quantitative estimate of drug-likeness (QED) is 0.795. The zero-order valence-electron chi connectivity index (χ0n) is 10.5. The van der Waals surface area contributed by atoms with E-state index in [0.29, 0.717) is 18.4 Å². The lowest BCUT2D eigenvalue weighted by Crippen LogP contribution is -2.08. The van der Waals surface area contributed by atoms with E-state index in [1.54, 1.807) is 34.6 Å². The smallest absolute Gasteiger partial charge is 0.241 e. The van der Waals surface area contributed by atoms with E-state index in [0.717, 1.165) is 10.6 Å². The molecule has 0 aromatic carbocycles. The number of nitrogens with one attached hydrogen (secondary N) is 1. The Kier molecular flexibility index (Phi) is 3.57. The van der Waals surface area contributed by atoms with Crippen LogP contribution in [0, 0.1) is 6.92 Å². The van der Waals surface area contributed by atoms with Crippen LogP contribution in [0.4, 0.5) is 5.95 Å². The molecule has 0 spiro atoms. The molecule has 0 aliphatic heterocycles. The van der Waals surface area contributed by atoms with Gasteiger partial charge in [-0.1, -0.05) is 0 Å². The van der Waals surface area contributed by atoms with Gasteiger partial charge in [0.25, 0.3) is 0 Å². The highest BCUT2D eigenvalue weighted by molar-refractivity contribution is 7.09. The first-order valence-electron chi connectivity index (χ1n) is 5.75. The molecule has 0 fully saturated rings. The Morgan fingerprint density at radius 3 is 2.95 bits per heavy atom. The van der Waals surface area contributed by atoms with Crippen LogP contribution in [-0.2, 0) is 6.54 Å². The van der Waals surface area contributed by atoms with Crippen LogP contribution < -0.4 is 5.32 Å². The first-order valence-corrected chi connectivity index (χ1v) is 7.01. The van der Waals surface area contributed by atoms with Crippen molar-refractivity contribution in [3.05, 3.63) is 40.1 Å². The summed E-state index contributed by atoms with van der Waals surface area (Å²) < 4.78 is 1.66. The number of rotatable bonds is 4. The van der Waals surface area contributed by atoms with Gasteiger partial charge in [0, 0.05) is 17.3 Å². The molecule has 0 aliphatic carbocycles. The summed E-state index contributed by atoms with van der Waals surface area (Å²) in [6.07, 6.45) is 4.98. The molecule has 0 saturated carbocycles. The fourth-order valence-electron chi connectivity index (χ4n) is 1.57. The highest BCUT2D eigenvalue weighted by Crippen LogP contribution is 2.15. The van der Waals surface area contributed by atoms with Gasteiger partial charge >= 0.3 is 0 Å². The zero-order chi connectivity index (χ0) is 13.9. The lowest BCUT2D eigenvalue weighted by molar-refractivity contribution is 0.889. The SMILES string of the molecule is Cc1ncsc1CNc1nc(Cl)nc(-n2ccnc2)n1. The number of hydrogen-bond donors (Lipinski definition) is 1. The molecular formula is C11H10ClN7S. The molecule has 0 unspecified atom stereocenters. The Balaban J connectivity index is 1.81. The summed E-state index contributed by atoms with van der Waals surface area (Å²) >= 11 is 7.50. The van der Waals surface area contributed by atoms with Gasteiger partial charge in [-0.3, -0.25) is 4.57 Å². The topological polar surface area (TPSA) is 81.4 Å². The van der Waals surface area contributed by atoms with Gasteiger partial charge in [0.1, 0.15) is 6.33 Å². The predicted octanol–water partition coefficient (Wildman–Crippen LogP) is 2.09. The van der Waals surface area contributed by atoms with Gasteiger partial charge in [0.15, 0.2) is 0 Å². The molecule has 1 N–H and O–H groups in total. The Bertz CT molecular complexity index is 709. The minimum Gasteiger partial charge on any atom is -0.349 e. The molecule has 102 valence electrons. The van der Waals surface area contributed by atoms with E-state index in [1.807, 2.05) is 12.4 Å². The van der Waals surface area contributed by atoms with E-state index >= 15 is 0 Å². The van der Waals surface area contributed by atoms with Crippen molar-refractivity contribution in [3.63, 3.8) is 0 Å². The van der Waals surface area contributed by atoms with Crippen molar-refractivity contribution < 1.29 is 0 Å². The first kappa shape index (κ1) is 12.9. The van der Waals surface area contributed by atoms with E-state index in [1.165, 1.54) is 0 Å². The van der Waals surface area contributed by atoms with Crippen LogP contribution in [0.3, 0.4) is 0 Å². The molecular weight excluding hydrogens is 298 g/mol. The monoisotopic (exact) mass is 307 g/mol. The summed E-state index contributed by atoms with van der Waals surface area (Å²) in [5, 5.41) is 3.25. The predicted molar refractivity (Wildman–Crippen MR) is 76.1 cm³/mol. The van der Waals surface area contributed by atoms with Gasteiger partial charge < -0.3 is 5.32 Å². The van der Waals surface area contributed by atoms with Crippen LogP contribution in [-0.4, -0.2) is 29.5 Å². The van der Waals surface area contributed by atoms with Crippen molar-refractivity contribution in [1.82, 2.24) is 29.5 Å².